The largest absolute Gasteiger partial charge is 0.497 e. The second-order valence-electron chi connectivity index (χ2n) is 7.07. The Hall–Kier alpha value is -3.85. The van der Waals surface area contributed by atoms with Gasteiger partial charge in [-0.25, -0.2) is 8.42 Å². The molecule has 1 aliphatic rings. The summed E-state index contributed by atoms with van der Waals surface area (Å²) in [5.74, 6) is -0.434. The van der Waals surface area contributed by atoms with Crippen molar-refractivity contribution < 1.29 is 22.7 Å². The first-order valence-electron chi connectivity index (χ1n) is 9.81. The smallest absolute Gasteiger partial charge is 0.264 e. The van der Waals surface area contributed by atoms with Crippen LogP contribution in [0.5, 0.6) is 5.75 Å². The number of amides is 2. The number of benzene rings is 3. The van der Waals surface area contributed by atoms with Crippen molar-refractivity contribution in [3.63, 3.8) is 0 Å². The van der Waals surface area contributed by atoms with E-state index in [1.54, 1.807) is 66.7 Å². The van der Waals surface area contributed by atoms with E-state index >= 15 is 0 Å². The Morgan fingerprint density at radius 2 is 1.75 bits per heavy atom. The highest BCUT2D eigenvalue weighted by Gasteiger charge is 2.32. The summed E-state index contributed by atoms with van der Waals surface area (Å²) < 4.78 is 33.3. The van der Waals surface area contributed by atoms with Gasteiger partial charge in [-0.05, 0) is 36.4 Å². The molecule has 0 atom stereocenters. The monoisotopic (exact) mass is 451 g/mol. The van der Waals surface area contributed by atoms with E-state index in [-0.39, 0.29) is 23.0 Å². The Morgan fingerprint density at radius 3 is 2.50 bits per heavy atom. The number of ether oxygens (including phenoxy) is 1. The summed E-state index contributed by atoms with van der Waals surface area (Å²) in [6.07, 6.45) is 0. The summed E-state index contributed by atoms with van der Waals surface area (Å²) in [4.78, 5) is 26.8. The molecular formula is C23H21N3O5S. The highest BCUT2D eigenvalue weighted by atomic mass is 32.2. The third-order valence-corrected chi connectivity index (χ3v) is 6.81. The molecule has 8 nitrogen and oxygen atoms in total. The van der Waals surface area contributed by atoms with Crippen LogP contribution in [-0.4, -0.2) is 40.4 Å². The van der Waals surface area contributed by atoms with E-state index in [2.05, 4.69) is 5.32 Å². The van der Waals surface area contributed by atoms with Crippen LogP contribution in [0, 0.1) is 0 Å². The topological polar surface area (TPSA) is 96.0 Å². The summed E-state index contributed by atoms with van der Waals surface area (Å²) in [5, 5.41) is 2.72. The fraction of sp³-hybridized carbons (Fsp3) is 0.130. The molecule has 0 saturated carbocycles. The number of sulfonamides is 1. The van der Waals surface area contributed by atoms with E-state index in [4.69, 9.17) is 4.74 Å². The molecule has 0 bridgehead atoms. The van der Waals surface area contributed by atoms with Gasteiger partial charge in [-0.2, -0.15) is 0 Å². The zero-order valence-electron chi connectivity index (χ0n) is 17.3. The second-order valence-corrected chi connectivity index (χ2v) is 8.93. The van der Waals surface area contributed by atoms with Crippen LogP contribution < -0.4 is 19.3 Å². The number of methoxy groups -OCH3 is 1. The van der Waals surface area contributed by atoms with Crippen LogP contribution in [-0.2, 0) is 19.6 Å². The van der Waals surface area contributed by atoms with E-state index in [1.165, 1.54) is 24.1 Å². The number of nitrogens with one attached hydrogen (secondary N) is 1. The van der Waals surface area contributed by atoms with Gasteiger partial charge >= 0.3 is 0 Å². The van der Waals surface area contributed by atoms with Crippen molar-refractivity contribution in [3.8, 4) is 5.75 Å². The third-order valence-electron chi connectivity index (χ3n) is 5.02. The number of hydrogen-bond acceptors (Lipinski definition) is 5. The molecule has 1 N–H and O–H groups in total. The van der Waals surface area contributed by atoms with E-state index in [9.17, 15) is 18.0 Å². The lowest BCUT2D eigenvalue weighted by Crippen LogP contribution is -2.48. The van der Waals surface area contributed by atoms with Gasteiger partial charge in [0, 0.05) is 6.07 Å². The summed E-state index contributed by atoms with van der Waals surface area (Å²) in [7, 11) is -2.60. The van der Waals surface area contributed by atoms with Gasteiger partial charge in [0.25, 0.3) is 10.0 Å². The first-order valence-corrected chi connectivity index (χ1v) is 11.3. The van der Waals surface area contributed by atoms with Crippen LogP contribution in [0.15, 0.2) is 83.8 Å². The van der Waals surface area contributed by atoms with Gasteiger partial charge in [0.1, 0.15) is 18.8 Å². The SMILES string of the molecule is COc1cccc(N(CC(=O)N2CC(=O)Nc3ccccc32)S(=O)(=O)c2ccccc2)c1. The number of carbonyl (C=O) groups excluding carboxylic acids is 2. The lowest BCUT2D eigenvalue weighted by molar-refractivity contribution is -0.121. The maximum absolute atomic E-state index is 13.5. The van der Waals surface area contributed by atoms with Crippen LogP contribution in [0.4, 0.5) is 17.1 Å². The second kappa shape index (κ2) is 8.72. The van der Waals surface area contributed by atoms with Crippen molar-refractivity contribution >= 4 is 38.9 Å². The average molecular weight is 452 g/mol. The zero-order chi connectivity index (χ0) is 22.7. The molecule has 3 aromatic rings. The van der Waals surface area contributed by atoms with Crippen LogP contribution in [0.25, 0.3) is 0 Å². The number of anilines is 3. The number of hydrogen-bond donors (Lipinski definition) is 1. The van der Waals surface area contributed by atoms with Crippen LogP contribution in [0.3, 0.4) is 0 Å². The quantitative estimate of drug-likeness (QED) is 0.622. The first kappa shape index (κ1) is 21.4. The Kier molecular flexibility index (Phi) is 5.83. The molecule has 32 heavy (non-hydrogen) atoms. The van der Waals surface area contributed by atoms with Crippen molar-refractivity contribution in [1.82, 2.24) is 0 Å². The van der Waals surface area contributed by atoms with Gasteiger partial charge in [0.15, 0.2) is 0 Å². The van der Waals surface area contributed by atoms with E-state index in [1.807, 2.05) is 0 Å². The van der Waals surface area contributed by atoms with Crippen molar-refractivity contribution in [3.05, 3.63) is 78.9 Å². The number of carbonyl (C=O) groups is 2. The molecule has 3 aromatic carbocycles. The van der Waals surface area contributed by atoms with Gasteiger partial charge in [-0.15, -0.1) is 0 Å². The fourth-order valence-electron chi connectivity index (χ4n) is 3.46. The van der Waals surface area contributed by atoms with Gasteiger partial charge < -0.3 is 10.1 Å². The zero-order valence-corrected chi connectivity index (χ0v) is 18.1. The van der Waals surface area contributed by atoms with E-state index < -0.39 is 22.5 Å². The molecule has 0 radical (unpaired) electrons. The predicted molar refractivity (Wildman–Crippen MR) is 121 cm³/mol. The van der Waals surface area contributed by atoms with E-state index in [0.717, 1.165) is 4.31 Å². The lowest BCUT2D eigenvalue weighted by atomic mass is 10.2. The predicted octanol–water partition coefficient (Wildman–Crippen LogP) is 2.88. The summed E-state index contributed by atoms with van der Waals surface area (Å²) in [6.45, 7) is -0.695. The number of nitrogens with zero attached hydrogens (tertiary/aromatic N) is 2. The number of fused-ring (bicyclic) bond motifs is 1. The maximum Gasteiger partial charge on any atom is 0.264 e. The molecule has 1 heterocycles. The minimum absolute atomic E-state index is 0.0485. The standard InChI is InChI=1S/C23H21N3O5S/c1-31-18-9-7-8-17(14-18)26(32(29,30)19-10-3-2-4-11-19)16-23(28)25-15-22(27)24-20-12-5-6-13-21(20)25/h2-14H,15-16H2,1H3,(H,24,27). The van der Waals surface area contributed by atoms with Crippen LogP contribution in [0.1, 0.15) is 0 Å². The molecule has 0 unspecified atom stereocenters. The molecule has 4 rings (SSSR count). The molecule has 1 aliphatic heterocycles. The van der Waals surface area contributed by atoms with Crippen LogP contribution >= 0.6 is 0 Å². The first-order chi connectivity index (χ1) is 15.4. The van der Waals surface area contributed by atoms with Crippen molar-refractivity contribution in [2.75, 3.05) is 34.7 Å². The van der Waals surface area contributed by atoms with Crippen molar-refractivity contribution in [2.45, 2.75) is 4.90 Å². The van der Waals surface area contributed by atoms with Gasteiger partial charge in [0.2, 0.25) is 11.8 Å². The Morgan fingerprint density at radius 1 is 1.03 bits per heavy atom. The molecule has 164 valence electrons. The lowest BCUT2D eigenvalue weighted by Gasteiger charge is -2.32. The minimum atomic E-state index is -4.07. The van der Waals surface area contributed by atoms with Crippen molar-refractivity contribution in [2.24, 2.45) is 0 Å². The molecule has 2 amide bonds. The number of rotatable bonds is 6. The Bertz CT molecular complexity index is 1260. The minimum Gasteiger partial charge on any atom is -0.497 e. The van der Waals surface area contributed by atoms with E-state index in [0.29, 0.717) is 17.1 Å². The molecular weight excluding hydrogens is 430 g/mol. The van der Waals surface area contributed by atoms with Crippen molar-refractivity contribution in [1.29, 1.82) is 0 Å². The van der Waals surface area contributed by atoms with Gasteiger partial charge in [-0.3, -0.25) is 18.8 Å². The normalized spacial score (nSPS) is 13.2. The molecule has 0 saturated heterocycles. The average Bonchev–Trinajstić information content (AvgIpc) is 2.82. The van der Waals surface area contributed by atoms with Gasteiger partial charge in [-0.1, -0.05) is 36.4 Å². The van der Waals surface area contributed by atoms with Crippen LogP contribution in [0.2, 0.25) is 0 Å². The molecule has 0 fully saturated rings. The summed E-state index contributed by atoms with van der Waals surface area (Å²) in [5.41, 5.74) is 1.28. The molecule has 0 aliphatic carbocycles. The molecule has 0 aromatic heterocycles. The highest BCUT2D eigenvalue weighted by molar-refractivity contribution is 7.92. The number of para-hydroxylation sites is 2. The third kappa shape index (κ3) is 4.15. The fourth-order valence-corrected chi connectivity index (χ4v) is 4.89. The summed E-state index contributed by atoms with van der Waals surface area (Å²) in [6, 6.07) is 21.2. The Labute approximate surface area is 186 Å². The summed E-state index contributed by atoms with van der Waals surface area (Å²) >= 11 is 0. The Balaban J connectivity index is 1.74. The highest BCUT2D eigenvalue weighted by Crippen LogP contribution is 2.31. The molecule has 0 spiro atoms. The van der Waals surface area contributed by atoms with Gasteiger partial charge in [0.05, 0.1) is 29.1 Å². The maximum atomic E-state index is 13.5. The molecule has 9 heteroatoms.